The summed E-state index contributed by atoms with van der Waals surface area (Å²) < 4.78 is 5.45. The molecular weight excluding hydrogens is 394 g/mol. The van der Waals surface area contributed by atoms with Gasteiger partial charge in [0.25, 0.3) is 11.7 Å². The molecular formula is C24H29N3O4. The Bertz CT molecular complexity index is 937. The summed E-state index contributed by atoms with van der Waals surface area (Å²) in [6.07, 6.45) is 3.27. The number of aliphatic hydroxyl groups excluding tert-OH is 1. The number of aromatic nitrogens is 1. The topological polar surface area (TPSA) is 83.0 Å². The molecule has 1 fully saturated rings. The molecule has 2 aromatic rings. The first-order chi connectivity index (χ1) is 15.0. The van der Waals surface area contributed by atoms with Gasteiger partial charge in [0.2, 0.25) is 0 Å². The van der Waals surface area contributed by atoms with Crippen LogP contribution in [-0.2, 0) is 9.59 Å². The van der Waals surface area contributed by atoms with E-state index >= 15 is 0 Å². The van der Waals surface area contributed by atoms with Crippen LogP contribution in [0.1, 0.15) is 37.9 Å². The van der Waals surface area contributed by atoms with Gasteiger partial charge in [0.15, 0.2) is 0 Å². The van der Waals surface area contributed by atoms with Crippen LogP contribution in [0.2, 0.25) is 0 Å². The molecule has 7 heteroatoms. The molecule has 1 aromatic heterocycles. The maximum atomic E-state index is 13.0. The highest BCUT2D eigenvalue weighted by atomic mass is 16.5. The van der Waals surface area contributed by atoms with Gasteiger partial charge in [-0.2, -0.15) is 0 Å². The molecule has 1 aliphatic heterocycles. The zero-order valence-electron chi connectivity index (χ0n) is 18.2. The van der Waals surface area contributed by atoms with Crippen molar-refractivity contribution in [2.24, 2.45) is 0 Å². The largest absolute Gasteiger partial charge is 0.507 e. The van der Waals surface area contributed by atoms with Crippen molar-refractivity contribution >= 4 is 17.4 Å². The number of rotatable bonds is 9. The molecule has 1 unspecified atom stereocenters. The number of Topliss-reactive ketones (excluding diaryl/α,β-unsaturated/α-hetero) is 1. The SMILES string of the molecule is CCOc1ccc(/C(O)=C2/C(=O)C(=O)N(CCN(CC)CC)C2c2cccnc2)cc1. The van der Waals surface area contributed by atoms with Crippen molar-refractivity contribution in [1.29, 1.82) is 0 Å². The molecule has 1 saturated heterocycles. The number of hydrogen-bond acceptors (Lipinski definition) is 6. The molecule has 1 atom stereocenters. The Morgan fingerprint density at radius 1 is 1.13 bits per heavy atom. The van der Waals surface area contributed by atoms with Gasteiger partial charge in [0.1, 0.15) is 11.5 Å². The molecule has 1 amide bonds. The standard InChI is InChI=1S/C24H29N3O4/c1-4-26(5-2)14-15-27-21(18-8-7-13-25-16-18)20(23(29)24(27)30)22(28)17-9-11-19(12-10-17)31-6-3/h7-13,16,21,28H,4-6,14-15H2,1-3H3/b22-20-. The van der Waals surface area contributed by atoms with E-state index in [-0.39, 0.29) is 11.3 Å². The second-order valence-electron chi connectivity index (χ2n) is 7.26. The molecule has 1 aromatic carbocycles. The van der Waals surface area contributed by atoms with Crippen molar-refractivity contribution in [2.75, 3.05) is 32.8 Å². The number of likely N-dealkylation sites (N-methyl/N-ethyl adjacent to an activating group) is 1. The lowest BCUT2D eigenvalue weighted by molar-refractivity contribution is -0.140. The van der Waals surface area contributed by atoms with Gasteiger partial charge < -0.3 is 19.6 Å². The van der Waals surface area contributed by atoms with E-state index in [1.165, 1.54) is 4.90 Å². The molecule has 0 saturated carbocycles. The predicted molar refractivity (Wildman–Crippen MR) is 119 cm³/mol. The summed E-state index contributed by atoms with van der Waals surface area (Å²) in [7, 11) is 0. The van der Waals surface area contributed by atoms with Crippen LogP contribution in [0.5, 0.6) is 5.75 Å². The summed E-state index contributed by atoms with van der Waals surface area (Å²) in [4.78, 5) is 33.8. The van der Waals surface area contributed by atoms with Gasteiger partial charge in [-0.1, -0.05) is 19.9 Å². The van der Waals surface area contributed by atoms with Crippen molar-refractivity contribution in [2.45, 2.75) is 26.8 Å². The summed E-state index contributed by atoms with van der Waals surface area (Å²) in [6.45, 7) is 9.26. The van der Waals surface area contributed by atoms with E-state index in [1.807, 2.05) is 13.0 Å². The molecule has 3 rings (SSSR count). The average Bonchev–Trinajstić information content (AvgIpc) is 3.05. The van der Waals surface area contributed by atoms with Gasteiger partial charge in [-0.15, -0.1) is 0 Å². The van der Waals surface area contributed by atoms with Crippen molar-refractivity contribution in [3.05, 3.63) is 65.5 Å². The number of likely N-dealkylation sites (tertiary alicyclic amines) is 1. The van der Waals surface area contributed by atoms with E-state index in [2.05, 4.69) is 23.7 Å². The van der Waals surface area contributed by atoms with Crippen LogP contribution in [0.3, 0.4) is 0 Å². The van der Waals surface area contributed by atoms with Crippen LogP contribution in [0.15, 0.2) is 54.4 Å². The van der Waals surface area contributed by atoms with Crippen molar-refractivity contribution in [1.82, 2.24) is 14.8 Å². The smallest absolute Gasteiger partial charge is 0.295 e. The minimum Gasteiger partial charge on any atom is -0.507 e. The Morgan fingerprint density at radius 3 is 2.42 bits per heavy atom. The normalized spacial score (nSPS) is 18.1. The molecule has 1 aliphatic rings. The second kappa shape index (κ2) is 10.2. The fraction of sp³-hybridized carbons (Fsp3) is 0.375. The number of pyridine rings is 1. The fourth-order valence-electron chi connectivity index (χ4n) is 3.82. The van der Waals surface area contributed by atoms with Gasteiger partial charge in [-0.05, 0) is 55.9 Å². The monoisotopic (exact) mass is 423 g/mol. The zero-order valence-corrected chi connectivity index (χ0v) is 18.2. The Labute approximate surface area is 183 Å². The highest BCUT2D eigenvalue weighted by molar-refractivity contribution is 6.46. The number of carbonyl (C=O) groups excluding carboxylic acids is 2. The van der Waals surface area contributed by atoms with Gasteiger partial charge in [-0.25, -0.2) is 0 Å². The maximum absolute atomic E-state index is 13.0. The Balaban J connectivity index is 2.03. The van der Waals surface area contributed by atoms with Crippen molar-refractivity contribution < 1.29 is 19.4 Å². The van der Waals surface area contributed by atoms with Crippen LogP contribution >= 0.6 is 0 Å². The molecule has 0 spiro atoms. The Kier molecular flexibility index (Phi) is 7.41. The number of ether oxygens (including phenoxy) is 1. The van der Waals surface area contributed by atoms with E-state index < -0.39 is 17.7 Å². The third-order valence-corrected chi connectivity index (χ3v) is 5.53. The highest BCUT2D eigenvalue weighted by Crippen LogP contribution is 2.39. The minimum atomic E-state index is -0.684. The molecule has 164 valence electrons. The summed E-state index contributed by atoms with van der Waals surface area (Å²) in [5.41, 5.74) is 1.23. The maximum Gasteiger partial charge on any atom is 0.295 e. The number of aliphatic hydroxyl groups is 1. The fourth-order valence-corrected chi connectivity index (χ4v) is 3.82. The van der Waals surface area contributed by atoms with Gasteiger partial charge in [0.05, 0.1) is 18.2 Å². The van der Waals surface area contributed by atoms with Gasteiger partial charge in [0, 0.05) is 31.0 Å². The van der Waals surface area contributed by atoms with E-state index in [0.29, 0.717) is 36.6 Å². The lowest BCUT2D eigenvalue weighted by Crippen LogP contribution is -2.38. The molecule has 0 radical (unpaired) electrons. The molecule has 1 N–H and O–H groups in total. The molecule has 0 aliphatic carbocycles. The van der Waals surface area contributed by atoms with Crippen molar-refractivity contribution in [3.8, 4) is 5.75 Å². The first kappa shape index (κ1) is 22.5. The van der Waals surface area contributed by atoms with Crippen LogP contribution < -0.4 is 4.74 Å². The third-order valence-electron chi connectivity index (χ3n) is 5.53. The summed E-state index contributed by atoms with van der Waals surface area (Å²) in [6, 6.07) is 9.72. The van der Waals surface area contributed by atoms with Crippen LogP contribution in [0, 0.1) is 0 Å². The lowest BCUT2D eigenvalue weighted by Gasteiger charge is -2.28. The number of benzene rings is 1. The summed E-state index contributed by atoms with van der Waals surface area (Å²) in [5, 5.41) is 11.1. The van der Waals surface area contributed by atoms with Gasteiger partial charge >= 0.3 is 0 Å². The van der Waals surface area contributed by atoms with E-state index in [9.17, 15) is 14.7 Å². The molecule has 7 nitrogen and oxygen atoms in total. The molecule has 0 bridgehead atoms. The lowest BCUT2D eigenvalue weighted by atomic mass is 9.96. The van der Waals surface area contributed by atoms with E-state index in [1.54, 1.807) is 42.7 Å². The van der Waals surface area contributed by atoms with Crippen molar-refractivity contribution in [3.63, 3.8) is 0 Å². The Morgan fingerprint density at radius 2 is 1.84 bits per heavy atom. The minimum absolute atomic E-state index is 0.0849. The van der Waals surface area contributed by atoms with Gasteiger partial charge in [-0.3, -0.25) is 14.6 Å². The average molecular weight is 424 g/mol. The van der Waals surface area contributed by atoms with Crippen LogP contribution in [0.25, 0.3) is 5.76 Å². The summed E-state index contributed by atoms with van der Waals surface area (Å²) >= 11 is 0. The van der Waals surface area contributed by atoms with Crippen LogP contribution in [-0.4, -0.2) is 64.4 Å². The quantitative estimate of drug-likeness (QED) is 0.379. The number of carbonyl (C=O) groups is 2. The number of amides is 1. The highest BCUT2D eigenvalue weighted by Gasteiger charge is 2.46. The van der Waals surface area contributed by atoms with E-state index in [0.717, 1.165) is 13.1 Å². The predicted octanol–water partition coefficient (Wildman–Crippen LogP) is 3.24. The number of nitrogens with zero attached hydrogens (tertiary/aromatic N) is 3. The molecule has 2 heterocycles. The Hall–Kier alpha value is -3.19. The second-order valence-corrected chi connectivity index (χ2v) is 7.26. The summed E-state index contributed by atoms with van der Waals surface area (Å²) in [5.74, 6) is -0.809. The molecule has 31 heavy (non-hydrogen) atoms. The number of hydrogen-bond donors (Lipinski definition) is 1. The first-order valence-electron chi connectivity index (χ1n) is 10.7. The number of ketones is 1. The third kappa shape index (κ3) is 4.77. The van der Waals surface area contributed by atoms with Crippen LogP contribution in [0.4, 0.5) is 0 Å². The van der Waals surface area contributed by atoms with E-state index in [4.69, 9.17) is 4.74 Å². The first-order valence-corrected chi connectivity index (χ1v) is 10.7. The zero-order chi connectivity index (χ0) is 22.4.